The Hall–Kier alpha value is -2.09. The van der Waals surface area contributed by atoms with Gasteiger partial charge < -0.3 is 4.90 Å². The van der Waals surface area contributed by atoms with E-state index in [0.29, 0.717) is 12.0 Å². The van der Waals surface area contributed by atoms with Crippen molar-refractivity contribution in [3.8, 4) is 11.1 Å². The second kappa shape index (κ2) is 5.28. The van der Waals surface area contributed by atoms with Gasteiger partial charge in [-0.1, -0.05) is 48.5 Å². The fourth-order valence-electron chi connectivity index (χ4n) is 4.22. The third kappa shape index (κ3) is 2.14. The largest absolute Gasteiger partial charge is 0.339 e. The maximum atomic E-state index is 11.9. The topological polar surface area (TPSA) is 20.3 Å². The molecule has 4 rings (SSSR count). The number of carbonyl (C=O) groups excluding carboxylic acids is 1. The summed E-state index contributed by atoms with van der Waals surface area (Å²) >= 11 is 0. The summed E-state index contributed by atoms with van der Waals surface area (Å²) in [6, 6.07) is 17.8. The summed E-state index contributed by atoms with van der Waals surface area (Å²) in [6.45, 7) is 2.64. The normalized spacial score (nSPS) is 23.0. The maximum absolute atomic E-state index is 11.9. The summed E-state index contributed by atoms with van der Waals surface area (Å²) in [5.74, 6) is 0.752. The molecule has 0 bridgehead atoms. The molecule has 1 fully saturated rings. The van der Waals surface area contributed by atoms with E-state index >= 15 is 0 Å². The number of rotatable bonds is 1. The summed E-state index contributed by atoms with van der Waals surface area (Å²) in [5.41, 5.74) is 5.47. The van der Waals surface area contributed by atoms with Crippen LogP contribution in [0.4, 0.5) is 0 Å². The van der Waals surface area contributed by atoms with Crippen molar-refractivity contribution in [2.45, 2.75) is 38.1 Å². The third-order valence-corrected chi connectivity index (χ3v) is 5.26. The van der Waals surface area contributed by atoms with Crippen LogP contribution in [0.5, 0.6) is 0 Å². The van der Waals surface area contributed by atoms with Crippen molar-refractivity contribution in [3.05, 3.63) is 59.7 Å². The molecule has 2 aliphatic rings. The number of benzene rings is 2. The molecular formula is C20H21NO. The second-order valence-corrected chi connectivity index (χ2v) is 6.51. The van der Waals surface area contributed by atoms with E-state index in [1.54, 1.807) is 6.92 Å². The number of nitrogens with zero attached hydrogens (tertiary/aromatic N) is 1. The average Bonchev–Trinajstić information content (AvgIpc) is 2.93. The lowest BCUT2D eigenvalue weighted by atomic mass is 9.87. The minimum atomic E-state index is 0.228. The van der Waals surface area contributed by atoms with Crippen molar-refractivity contribution in [1.29, 1.82) is 0 Å². The van der Waals surface area contributed by atoms with Gasteiger partial charge in [0.05, 0.1) is 0 Å². The Kier molecular flexibility index (Phi) is 3.25. The van der Waals surface area contributed by atoms with Gasteiger partial charge in [-0.3, -0.25) is 4.79 Å². The van der Waals surface area contributed by atoms with Gasteiger partial charge in [0, 0.05) is 25.4 Å². The van der Waals surface area contributed by atoms with Crippen LogP contribution in [0.3, 0.4) is 0 Å². The molecule has 0 N–H and O–H groups in total. The Bertz CT molecular complexity index is 707. The van der Waals surface area contributed by atoms with Crippen molar-refractivity contribution in [2.75, 3.05) is 6.54 Å². The van der Waals surface area contributed by atoms with Gasteiger partial charge in [0.1, 0.15) is 0 Å². The van der Waals surface area contributed by atoms with Gasteiger partial charge in [-0.25, -0.2) is 0 Å². The van der Waals surface area contributed by atoms with E-state index < -0.39 is 0 Å². The molecule has 2 atom stereocenters. The predicted octanol–water partition coefficient (Wildman–Crippen LogP) is 4.00. The van der Waals surface area contributed by atoms with Crippen LogP contribution in [0.15, 0.2) is 48.5 Å². The van der Waals surface area contributed by atoms with Crippen LogP contribution in [-0.2, 0) is 11.2 Å². The van der Waals surface area contributed by atoms with Crippen LogP contribution < -0.4 is 0 Å². The van der Waals surface area contributed by atoms with Crippen LogP contribution in [0.2, 0.25) is 0 Å². The zero-order chi connectivity index (χ0) is 15.1. The molecule has 2 unspecified atom stereocenters. The van der Waals surface area contributed by atoms with E-state index in [2.05, 4.69) is 53.4 Å². The lowest BCUT2D eigenvalue weighted by Gasteiger charge is -2.37. The summed E-state index contributed by atoms with van der Waals surface area (Å²) in [4.78, 5) is 14.0. The predicted molar refractivity (Wildman–Crippen MR) is 88.7 cm³/mol. The third-order valence-electron chi connectivity index (χ3n) is 5.26. The molecule has 22 heavy (non-hydrogen) atoms. The minimum absolute atomic E-state index is 0.228. The molecule has 1 amide bonds. The van der Waals surface area contributed by atoms with Crippen LogP contribution in [-0.4, -0.2) is 23.4 Å². The lowest BCUT2D eigenvalue weighted by molar-refractivity contribution is -0.132. The number of hydrogen-bond donors (Lipinski definition) is 0. The minimum Gasteiger partial charge on any atom is -0.339 e. The highest BCUT2D eigenvalue weighted by atomic mass is 16.2. The van der Waals surface area contributed by atoms with Crippen molar-refractivity contribution < 1.29 is 4.79 Å². The van der Waals surface area contributed by atoms with E-state index in [1.165, 1.54) is 28.7 Å². The molecule has 2 aromatic rings. The molecule has 1 aliphatic carbocycles. The molecule has 2 aromatic carbocycles. The SMILES string of the molecule is CC(=O)N1CCCC2c3cc(-c4ccccc4)ccc3CC21. The quantitative estimate of drug-likeness (QED) is 0.777. The summed E-state index contributed by atoms with van der Waals surface area (Å²) in [5, 5.41) is 0. The molecule has 112 valence electrons. The summed E-state index contributed by atoms with van der Waals surface area (Å²) < 4.78 is 0. The van der Waals surface area contributed by atoms with Gasteiger partial charge in [-0.05, 0) is 41.5 Å². The van der Waals surface area contributed by atoms with Crippen molar-refractivity contribution in [2.24, 2.45) is 0 Å². The Morgan fingerprint density at radius 2 is 1.91 bits per heavy atom. The Morgan fingerprint density at radius 3 is 2.68 bits per heavy atom. The molecule has 1 saturated heterocycles. The Morgan fingerprint density at radius 1 is 1.09 bits per heavy atom. The highest BCUT2D eigenvalue weighted by Crippen LogP contribution is 2.43. The molecular weight excluding hydrogens is 270 g/mol. The molecule has 2 nitrogen and oxygen atoms in total. The lowest BCUT2D eigenvalue weighted by Crippen LogP contribution is -2.45. The van der Waals surface area contributed by atoms with Crippen LogP contribution in [0.25, 0.3) is 11.1 Å². The number of piperidine rings is 1. The first-order valence-electron chi connectivity index (χ1n) is 8.19. The fraction of sp³-hybridized carbons (Fsp3) is 0.350. The second-order valence-electron chi connectivity index (χ2n) is 6.51. The van der Waals surface area contributed by atoms with Crippen LogP contribution >= 0.6 is 0 Å². The highest BCUT2D eigenvalue weighted by molar-refractivity contribution is 5.74. The molecule has 0 saturated carbocycles. The molecule has 0 aromatic heterocycles. The van der Waals surface area contributed by atoms with Crippen molar-refractivity contribution in [3.63, 3.8) is 0 Å². The van der Waals surface area contributed by atoms with Crippen molar-refractivity contribution >= 4 is 5.91 Å². The Labute approximate surface area is 131 Å². The van der Waals surface area contributed by atoms with Gasteiger partial charge in [0.15, 0.2) is 0 Å². The van der Waals surface area contributed by atoms with E-state index in [1.807, 2.05) is 0 Å². The first-order valence-corrected chi connectivity index (χ1v) is 8.19. The van der Waals surface area contributed by atoms with Crippen LogP contribution in [0, 0.1) is 0 Å². The summed E-state index contributed by atoms with van der Waals surface area (Å²) in [7, 11) is 0. The molecule has 1 heterocycles. The van der Waals surface area contributed by atoms with E-state index in [-0.39, 0.29) is 5.91 Å². The molecule has 1 aliphatic heterocycles. The number of carbonyl (C=O) groups is 1. The standard InChI is InChI=1S/C20H21NO/c1-14(22)21-11-5-8-18-19-12-16(15-6-3-2-4-7-15)9-10-17(19)13-20(18)21/h2-4,6-7,9-10,12,18,20H,5,8,11,13H2,1H3. The zero-order valence-electron chi connectivity index (χ0n) is 13.0. The van der Waals surface area contributed by atoms with Crippen molar-refractivity contribution in [1.82, 2.24) is 4.90 Å². The van der Waals surface area contributed by atoms with Gasteiger partial charge >= 0.3 is 0 Å². The molecule has 2 heteroatoms. The number of likely N-dealkylation sites (tertiary alicyclic amines) is 1. The first kappa shape index (κ1) is 13.6. The smallest absolute Gasteiger partial charge is 0.219 e. The number of hydrogen-bond acceptors (Lipinski definition) is 1. The Balaban J connectivity index is 1.72. The number of amides is 1. The van der Waals surface area contributed by atoms with Gasteiger partial charge in [-0.15, -0.1) is 0 Å². The fourth-order valence-corrected chi connectivity index (χ4v) is 4.22. The number of fused-ring (bicyclic) bond motifs is 3. The van der Waals surface area contributed by atoms with Gasteiger partial charge in [0.2, 0.25) is 5.91 Å². The van der Waals surface area contributed by atoms with Crippen LogP contribution in [0.1, 0.15) is 36.8 Å². The van der Waals surface area contributed by atoms with E-state index in [0.717, 1.165) is 19.4 Å². The first-order chi connectivity index (χ1) is 10.7. The van der Waals surface area contributed by atoms with Gasteiger partial charge in [0.25, 0.3) is 0 Å². The van der Waals surface area contributed by atoms with E-state index in [4.69, 9.17) is 0 Å². The monoisotopic (exact) mass is 291 g/mol. The van der Waals surface area contributed by atoms with E-state index in [9.17, 15) is 4.79 Å². The highest BCUT2D eigenvalue weighted by Gasteiger charge is 2.39. The molecule has 0 radical (unpaired) electrons. The average molecular weight is 291 g/mol. The van der Waals surface area contributed by atoms with Gasteiger partial charge in [-0.2, -0.15) is 0 Å². The zero-order valence-corrected chi connectivity index (χ0v) is 13.0. The molecule has 0 spiro atoms. The summed E-state index contributed by atoms with van der Waals surface area (Å²) in [6.07, 6.45) is 3.35. The maximum Gasteiger partial charge on any atom is 0.219 e.